The first-order valence-corrected chi connectivity index (χ1v) is 7.15. The summed E-state index contributed by atoms with van der Waals surface area (Å²) in [6.07, 6.45) is 0. The summed E-state index contributed by atoms with van der Waals surface area (Å²) in [5.74, 6) is -2.31. The van der Waals surface area contributed by atoms with Crippen molar-refractivity contribution in [3.05, 3.63) is 28.0 Å². The molecule has 1 aromatic rings. The van der Waals surface area contributed by atoms with Gasteiger partial charge >= 0.3 is 5.97 Å². The molecule has 0 aromatic heterocycles. The van der Waals surface area contributed by atoms with E-state index < -0.39 is 23.7 Å². The molecule has 0 saturated carbocycles. The normalized spacial score (nSPS) is 11.5. The predicted molar refractivity (Wildman–Crippen MR) is 74.8 cm³/mol. The van der Waals surface area contributed by atoms with Gasteiger partial charge in [0.15, 0.2) is 5.82 Å². The van der Waals surface area contributed by atoms with Gasteiger partial charge in [-0.25, -0.2) is 9.18 Å². The highest BCUT2D eigenvalue weighted by Gasteiger charge is 2.20. The maximum Gasteiger partial charge on any atom is 0.327 e. The van der Waals surface area contributed by atoms with E-state index in [9.17, 15) is 14.0 Å². The maximum absolute atomic E-state index is 13.9. The number of hydrogen-bond donors (Lipinski definition) is 2. The van der Waals surface area contributed by atoms with Gasteiger partial charge in [0.05, 0.1) is 10.0 Å². The Hall–Kier alpha value is -1.59. The summed E-state index contributed by atoms with van der Waals surface area (Å²) in [4.78, 5) is 22.0. The van der Waals surface area contributed by atoms with Crippen LogP contribution in [0.1, 0.15) is 12.5 Å². The maximum atomic E-state index is 13.9. The molecule has 1 aromatic carbocycles. The fraction of sp³-hybridized carbons (Fsp3) is 0.250. The molecule has 0 saturated heterocycles. The minimum atomic E-state index is -1.19. The van der Waals surface area contributed by atoms with Crippen LogP contribution in [0.5, 0.6) is 0 Å². The summed E-state index contributed by atoms with van der Waals surface area (Å²) in [6.45, 7) is 1.21. The molecule has 2 N–H and O–H groups in total. The fourth-order valence-electron chi connectivity index (χ4n) is 1.32. The number of nitriles is 1. The molecule has 0 aliphatic heterocycles. The Morgan fingerprint density at radius 2 is 2.25 bits per heavy atom. The number of halogens is 2. The van der Waals surface area contributed by atoms with Crippen molar-refractivity contribution in [1.82, 2.24) is 5.32 Å². The number of rotatable bonds is 5. The number of nitrogens with zero attached hydrogens (tertiary/aromatic N) is 1. The van der Waals surface area contributed by atoms with Gasteiger partial charge in [0, 0.05) is 17.6 Å². The van der Waals surface area contributed by atoms with Crippen molar-refractivity contribution in [3.63, 3.8) is 0 Å². The molecule has 0 fully saturated rings. The van der Waals surface area contributed by atoms with Crippen LogP contribution in [0.2, 0.25) is 0 Å². The quantitative estimate of drug-likeness (QED) is 0.785. The van der Waals surface area contributed by atoms with Crippen LogP contribution >= 0.6 is 27.7 Å². The van der Waals surface area contributed by atoms with E-state index in [1.807, 2.05) is 6.07 Å². The number of nitrogens with one attached hydrogen (secondary N) is 1. The van der Waals surface area contributed by atoms with Crippen LogP contribution in [-0.2, 0) is 9.59 Å². The summed E-state index contributed by atoms with van der Waals surface area (Å²) in [5.41, 5.74) is 0.156. The first-order chi connectivity index (χ1) is 9.36. The summed E-state index contributed by atoms with van der Waals surface area (Å²) in [6, 6.07) is 3.55. The van der Waals surface area contributed by atoms with E-state index in [1.165, 1.54) is 19.1 Å². The van der Waals surface area contributed by atoms with Gasteiger partial charge in [0.25, 0.3) is 0 Å². The number of carbonyl (C=O) groups excluding carboxylic acids is 1. The lowest BCUT2D eigenvalue weighted by Crippen LogP contribution is -2.41. The summed E-state index contributed by atoms with van der Waals surface area (Å²) >= 11 is 3.92. The summed E-state index contributed by atoms with van der Waals surface area (Å²) in [5, 5.41) is 19.9. The van der Waals surface area contributed by atoms with Gasteiger partial charge in [-0.15, -0.1) is 11.8 Å². The van der Waals surface area contributed by atoms with E-state index in [2.05, 4.69) is 21.2 Å². The van der Waals surface area contributed by atoms with Crippen LogP contribution in [0, 0.1) is 17.1 Å². The van der Waals surface area contributed by atoms with E-state index in [1.54, 1.807) is 0 Å². The van der Waals surface area contributed by atoms with Crippen LogP contribution in [0.15, 0.2) is 21.5 Å². The Morgan fingerprint density at radius 3 is 2.75 bits per heavy atom. The zero-order chi connectivity index (χ0) is 15.3. The average molecular weight is 361 g/mol. The molecular formula is C12H10BrFN2O3S. The van der Waals surface area contributed by atoms with E-state index in [0.717, 1.165) is 11.8 Å². The predicted octanol–water partition coefficient (Wildman–Crippen LogP) is 2.14. The van der Waals surface area contributed by atoms with Crippen LogP contribution in [0.25, 0.3) is 0 Å². The highest BCUT2D eigenvalue weighted by molar-refractivity contribution is 9.10. The molecule has 0 heterocycles. The van der Waals surface area contributed by atoms with Gasteiger partial charge in [-0.05, 0) is 28.1 Å². The molecular weight excluding hydrogens is 351 g/mol. The van der Waals surface area contributed by atoms with Gasteiger partial charge in [0.1, 0.15) is 12.1 Å². The highest BCUT2D eigenvalue weighted by atomic mass is 79.9. The van der Waals surface area contributed by atoms with Gasteiger partial charge in [0.2, 0.25) is 5.91 Å². The molecule has 0 aliphatic rings. The largest absolute Gasteiger partial charge is 0.480 e. The standard InChI is InChI=1S/C12H10BrFN2O3S/c1-6(17)16-8(12(18)19)5-20-9-3-2-7(4-15)10(13)11(9)14/h2-3,8H,5H2,1H3,(H,16,17)(H,18,19). The molecule has 5 nitrogen and oxygen atoms in total. The third kappa shape index (κ3) is 4.21. The van der Waals surface area contributed by atoms with E-state index in [4.69, 9.17) is 10.4 Å². The lowest BCUT2D eigenvalue weighted by molar-refractivity contribution is -0.140. The number of thioether (sulfide) groups is 1. The Labute approximate surface area is 127 Å². The smallest absolute Gasteiger partial charge is 0.327 e. The second kappa shape index (κ2) is 7.26. The lowest BCUT2D eigenvalue weighted by Gasteiger charge is -2.13. The topological polar surface area (TPSA) is 90.2 Å². The highest BCUT2D eigenvalue weighted by Crippen LogP contribution is 2.30. The van der Waals surface area contributed by atoms with Crippen molar-refractivity contribution in [2.24, 2.45) is 0 Å². The molecule has 0 bridgehead atoms. The Balaban J connectivity index is 2.84. The molecule has 106 valence electrons. The van der Waals surface area contributed by atoms with Crippen molar-refractivity contribution in [2.45, 2.75) is 17.9 Å². The number of carboxylic acid groups (broad SMARTS) is 1. The van der Waals surface area contributed by atoms with Gasteiger partial charge in [-0.1, -0.05) is 0 Å². The van der Waals surface area contributed by atoms with Crippen molar-refractivity contribution in [1.29, 1.82) is 5.26 Å². The number of hydrogen-bond acceptors (Lipinski definition) is 4. The molecule has 1 unspecified atom stereocenters. The van der Waals surface area contributed by atoms with Crippen LogP contribution < -0.4 is 5.32 Å². The summed E-state index contributed by atoms with van der Waals surface area (Å²) < 4.78 is 13.9. The first kappa shape index (κ1) is 16.5. The number of benzene rings is 1. The number of amides is 1. The van der Waals surface area contributed by atoms with E-state index in [0.29, 0.717) is 0 Å². The summed E-state index contributed by atoms with van der Waals surface area (Å²) in [7, 11) is 0. The molecule has 0 radical (unpaired) electrons. The van der Waals surface area contributed by atoms with E-state index >= 15 is 0 Å². The Bertz CT molecular complexity index is 589. The van der Waals surface area contributed by atoms with Crippen LogP contribution in [0.3, 0.4) is 0 Å². The molecule has 0 spiro atoms. The third-order valence-corrected chi connectivity index (χ3v) is 4.15. The molecule has 1 atom stereocenters. The van der Waals surface area contributed by atoms with Crippen LogP contribution in [0.4, 0.5) is 4.39 Å². The minimum Gasteiger partial charge on any atom is -0.480 e. The molecule has 8 heteroatoms. The van der Waals surface area contributed by atoms with Crippen LogP contribution in [-0.4, -0.2) is 28.8 Å². The second-order valence-corrected chi connectivity index (χ2v) is 5.61. The first-order valence-electron chi connectivity index (χ1n) is 5.37. The fourth-order valence-corrected chi connectivity index (χ4v) is 2.85. The zero-order valence-electron chi connectivity index (χ0n) is 10.3. The zero-order valence-corrected chi connectivity index (χ0v) is 12.7. The monoisotopic (exact) mass is 360 g/mol. The van der Waals surface area contributed by atoms with Gasteiger partial charge in [-0.3, -0.25) is 4.79 Å². The van der Waals surface area contributed by atoms with Gasteiger partial charge < -0.3 is 10.4 Å². The molecule has 20 heavy (non-hydrogen) atoms. The number of carboxylic acids is 1. The molecule has 0 aliphatic carbocycles. The number of carbonyl (C=O) groups is 2. The Morgan fingerprint density at radius 1 is 1.60 bits per heavy atom. The second-order valence-electron chi connectivity index (χ2n) is 3.75. The number of aliphatic carboxylic acids is 1. The van der Waals surface area contributed by atoms with Crippen molar-refractivity contribution < 1.29 is 19.1 Å². The minimum absolute atomic E-state index is 0.0236. The third-order valence-electron chi connectivity index (χ3n) is 2.25. The van der Waals surface area contributed by atoms with Crippen molar-refractivity contribution in [3.8, 4) is 6.07 Å². The van der Waals surface area contributed by atoms with Crippen molar-refractivity contribution in [2.75, 3.05) is 5.75 Å². The average Bonchev–Trinajstić information content (AvgIpc) is 2.38. The molecule has 1 amide bonds. The SMILES string of the molecule is CC(=O)NC(CSc1ccc(C#N)c(Br)c1F)C(=O)O. The van der Waals surface area contributed by atoms with Crippen molar-refractivity contribution >= 4 is 39.6 Å². The van der Waals surface area contributed by atoms with E-state index in [-0.39, 0.29) is 20.7 Å². The van der Waals surface area contributed by atoms with Gasteiger partial charge in [-0.2, -0.15) is 5.26 Å². The Kier molecular flexibility index (Phi) is 5.98. The lowest BCUT2D eigenvalue weighted by atomic mass is 10.2. The molecule has 1 rings (SSSR count).